The van der Waals surface area contributed by atoms with Gasteiger partial charge in [-0.1, -0.05) is 19.1 Å². The first-order valence-electron chi connectivity index (χ1n) is 5.03. The van der Waals surface area contributed by atoms with E-state index in [4.69, 9.17) is 0 Å². The zero-order valence-corrected chi connectivity index (χ0v) is 9.39. The van der Waals surface area contributed by atoms with E-state index in [-0.39, 0.29) is 5.92 Å². The first-order valence-corrected chi connectivity index (χ1v) is 5.03. The van der Waals surface area contributed by atoms with E-state index in [1.807, 2.05) is 13.8 Å². The summed E-state index contributed by atoms with van der Waals surface area (Å²) in [5.74, 6) is 0.286. The van der Waals surface area contributed by atoms with E-state index in [0.29, 0.717) is 17.7 Å². The van der Waals surface area contributed by atoms with E-state index >= 15 is 0 Å². The van der Waals surface area contributed by atoms with Crippen LogP contribution in [0.2, 0.25) is 0 Å². The molecule has 2 rings (SSSR count). The molecule has 0 aliphatic heterocycles. The van der Waals surface area contributed by atoms with Crippen LogP contribution in [-0.2, 0) is 13.6 Å². The monoisotopic (exact) mass is 223 g/mol. The quantitative estimate of drug-likeness (QED) is 0.741. The average Bonchev–Trinajstić information content (AvgIpc) is 2.55. The lowest BCUT2D eigenvalue weighted by Gasteiger charge is -2.07. The largest absolute Gasteiger partial charge is 0.330 e. The van der Waals surface area contributed by atoms with Gasteiger partial charge in [-0.3, -0.25) is 14.3 Å². The number of hydrogen-bond acceptors (Lipinski definition) is 4. The molecule has 0 bridgehead atoms. The molecule has 86 valence electrons. The molecule has 7 heteroatoms. The lowest BCUT2D eigenvalue weighted by molar-refractivity contribution is 0.513. The fourth-order valence-electron chi connectivity index (χ4n) is 1.63. The van der Waals surface area contributed by atoms with Gasteiger partial charge in [-0.25, -0.2) is 9.48 Å². The molecule has 0 saturated heterocycles. The molecule has 0 aliphatic carbocycles. The topological polar surface area (TPSA) is 85.6 Å². The number of rotatable bonds is 2. The molecule has 2 heterocycles. The van der Waals surface area contributed by atoms with Crippen LogP contribution in [0.1, 0.15) is 13.8 Å². The van der Waals surface area contributed by atoms with Crippen molar-refractivity contribution < 1.29 is 0 Å². The molecular weight excluding hydrogens is 210 g/mol. The minimum Gasteiger partial charge on any atom is -0.274 e. The highest BCUT2D eigenvalue weighted by Crippen LogP contribution is 2.04. The van der Waals surface area contributed by atoms with E-state index in [0.717, 1.165) is 0 Å². The van der Waals surface area contributed by atoms with Gasteiger partial charge in [0.15, 0.2) is 11.2 Å². The van der Waals surface area contributed by atoms with Gasteiger partial charge in [0.25, 0.3) is 5.56 Å². The first kappa shape index (κ1) is 10.6. The summed E-state index contributed by atoms with van der Waals surface area (Å²) in [6, 6.07) is 0. The van der Waals surface area contributed by atoms with E-state index in [9.17, 15) is 9.59 Å². The molecule has 0 atom stereocenters. The van der Waals surface area contributed by atoms with Crippen LogP contribution < -0.4 is 11.2 Å². The molecule has 2 aromatic rings. The fourth-order valence-corrected chi connectivity index (χ4v) is 1.63. The molecule has 0 spiro atoms. The van der Waals surface area contributed by atoms with Gasteiger partial charge in [0, 0.05) is 13.6 Å². The van der Waals surface area contributed by atoms with Gasteiger partial charge in [0.2, 0.25) is 0 Å². The summed E-state index contributed by atoms with van der Waals surface area (Å²) in [6.45, 7) is 4.48. The van der Waals surface area contributed by atoms with Crippen molar-refractivity contribution in [2.45, 2.75) is 20.4 Å². The lowest BCUT2D eigenvalue weighted by atomic mass is 10.2. The predicted molar refractivity (Wildman–Crippen MR) is 58.2 cm³/mol. The molecule has 0 aliphatic rings. The molecule has 0 fully saturated rings. The van der Waals surface area contributed by atoms with E-state index in [1.165, 1.54) is 9.25 Å². The van der Waals surface area contributed by atoms with Crippen LogP contribution in [-0.4, -0.2) is 24.5 Å². The van der Waals surface area contributed by atoms with Crippen molar-refractivity contribution >= 4 is 11.2 Å². The molecular formula is C9H13N5O2. The zero-order valence-electron chi connectivity index (χ0n) is 9.39. The number of aromatic nitrogens is 5. The van der Waals surface area contributed by atoms with Crippen LogP contribution in [0.3, 0.4) is 0 Å². The second-order valence-electron chi connectivity index (χ2n) is 4.15. The van der Waals surface area contributed by atoms with E-state index in [2.05, 4.69) is 15.3 Å². The Balaban J connectivity index is 2.83. The smallest absolute Gasteiger partial charge is 0.274 e. The number of fused-ring (bicyclic) bond motifs is 1. The second kappa shape index (κ2) is 3.58. The van der Waals surface area contributed by atoms with Crippen molar-refractivity contribution in [3.8, 4) is 0 Å². The summed E-state index contributed by atoms with van der Waals surface area (Å²) in [5.41, 5.74) is -0.232. The molecule has 0 saturated carbocycles. The summed E-state index contributed by atoms with van der Waals surface area (Å²) in [6.07, 6.45) is 0. The maximum Gasteiger partial charge on any atom is 0.330 e. The van der Waals surface area contributed by atoms with Gasteiger partial charge in [0.05, 0.1) is 0 Å². The number of H-pyrrole nitrogens is 1. The summed E-state index contributed by atoms with van der Waals surface area (Å²) < 4.78 is 2.80. The minimum absolute atomic E-state index is 0.286. The number of aryl methyl sites for hydroxylation is 1. The second-order valence-corrected chi connectivity index (χ2v) is 4.15. The summed E-state index contributed by atoms with van der Waals surface area (Å²) >= 11 is 0. The van der Waals surface area contributed by atoms with Crippen LogP contribution in [0, 0.1) is 5.92 Å². The highest BCUT2D eigenvalue weighted by atomic mass is 16.2. The molecule has 2 aromatic heterocycles. The summed E-state index contributed by atoms with van der Waals surface area (Å²) in [5, 5.41) is 7.60. The predicted octanol–water partition coefficient (Wildman–Crippen LogP) is -0.526. The number of nitrogens with zero attached hydrogens (tertiary/aromatic N) is 4. The maximum absolute atomic E-state index is 11.6. The number of hydrogen-bond donors (Lipinski definition) is 1. The third kappa shape index (κ3) is 1.54. The number of nitrogens with one attached hydrogen (secondary N) is 1. The molecule has 7 nitrogen and oxygen atoms in total. The fraction of sp³-hybridized carbons (Fsp3) is 0.556. The van der Waals surface area contributed by atoms with Crippen LogP contribution in [0.4, 0.5) is 0 Å². The Labute approximate surface area is 90.7 Å². The summed E-state index contributed by atoms with van der Waals surface area (Å²) in [4.78, 5) is 25.4. The third-order valence-electron chi connectivity index (χ3n) is 2.29. The van der Waals surface area contributed by atoms with Crippen molar-refractivity contribution in [1.29, 1.82) is 0 Å². The highest BCUT2D eigenvalue weighted by molar-refractivity contribution is 5.68. The van der Waals surface area contributed by atoms with Crippen molar-refractivity contribution in [2.24, 2.45) is 13.0 Å². The van der Waals surface area contributed by atoms with Gasteiger partial charge in [-0.2, -0.15) is 0 Å². The van der Waals surface area contributed by atoms with Crippen molar-refractivity contribution in [1.82, 2.24) is 24.5 Å². The maximum atomic E-state index is 11.6. The first-order chi connectivity index (χ1) is 7.50. The normalized spacial score (nSPS) is 11.5. The van der Waals surface area contributed by atoms with Crippen LogP contribution in [0.5, 0.6) is 0 Å². The molecule has 0 unspecified atom stereocenters. The van der Waals surface area contributed by atoms with Crippen LogP contribution >= 0.6 is 0 Å². The molecule has 0 aromatic carbocycles. The Morgan fingerprint density at radius 1 is 1.38 bits per heavy atom. The minimum atomic E-state index is -0.451. The molecule has 1 N–H and O–H groups in total. The summed E-state index contributed by atoms with van der Waals surface area (Å²) in [7, 11) is 1.62. The zero-order chi connectivity index (χ0) is 11.9. The van der Waals surface area contributed by atoms with Gasteiger partial charge in [-0.05, 0) is 5.92 Å². The number of aromatic amines is 1. The Morgan fingerprint density at radius 3 is 2.69 bits per heavy atom. The molecule has 0 radical (unpaired) electrons. The lowest BCUT2D eigenvalue weighted by Crippen LogP contribution is -2.32. The van der Waals surface area contributed by atoms with Crippen LogP contribution in [0.25, 0.3) is 11.2 Å². The average molecular weight is 223 g/mol. The van der Waals surface area contributed by atoms with Gasteiger partial charge < -0.3 is 0 Å². The van der Waals surface area contributed by atoms with Gasteiger partial charge >= 0.3 is 5.69 Å². The van der Waals surface area contributed by atoms with E-state index in [1.54, 1.807) is 7.05 Å². The Bertz CT molecular complexity index is 633. The van der Waals surface area contributed by atoms with Crippen LogP contribution in [0.15, 0.2) is 9.59 Å². The van der Waals surface area contributed by atoms with Gasteiger partial charge in [0.1, 0.15) is 0 Å². The standard InChI is InChI=1S/C9H13N5O2/c1-5(2)4-14-7-6(13(3)12-11-7)8(15)10-9(14)16/h5H,4H2,1-3H3,(H,10,15,16). The Kier molecular flexibility index (Phi) is 2.37. The SMILES string of the molecule is CC(C)Cn1c(=O)[nH]c(=O)c2c1nnn2C. The van der Waals surface area contributed by atoms with Crippen molar-refractivity contribution in [3.63, 3.8) is 0 Å². The Morgan fingerprint density at radius 2 is 2.06 bits per heavy atom. The van der Waals surface area contributed by atoms with Crippen molar-refractivity contribution in [3.05, 3.63) is 20.8 Å². The van der Waals surface area contributed by atoms with Gasteiger partial charge in [-0.15, -0.1) is 5.10 Å². The Hall–Kier alpha value is -1.92. The molecule has 16 heavy (non-hydrogen) atoms. The highest BCUT2D eigenvalue weighted by Gasteiger charge is 2.13. The third-order valence-corrected chi connectivity index (χ3v) is 2.29. The molecule has 0 amide bonds. The van der Waals surface area contributed by atoms with E-state index < -0.39 is 11.2 Å². The van der Waals surface area contributed by atoms with Crippen molar-refractivity contribution in [2.75, 3.05) is 0 Å².